The molecule has 3 aliphatic carbocycles. The van der Waals surface area contributed by atoms with Crippen LogP contribution in [0.3, 0.4) is 0 Å². The number of benzene rings is 1. The number of piperidine rings is 1. The average molecular weight is 484 g/mol. The molecule has 0 radical (unpaired) electrons. The molecule has 2 saturated carbocycles. The van der Waals surface area contributed by atoms with Gasteiger partial charge in [-0.25, -0.2) is 0 Å². The largest absolute Gasteiger partial charge is 0.508 e. The number of amides is 1. The number of carbonyl (C=O) groups is 1. The van der Waals surface area contributed by atoms with E-state index in [2.05, 4.69) is 29.4 Å². The Labute approximate surface area is 208 Å². The van der Waals surface area contributed by atoms with E-state index in [0.717, 1.165) is 51.0 Å². The Morgan fingerprint density at radius 1 is 1.23 bits per heavy atom. The molecule has 6 unspecified atom stereocenters. The number of rotatable bonds is 6. The standard InChI is InChI=1S/C28H41N3O4/c1-18-14-31(15-19(2)35-18)10-9-30-25(33)26(13-20-3-4-20)16-27-7-8-29-24(28(27,34)17-26)11-21-5-6-22(32)12-23(21)27/h5-6,12,18-20,24,29,32,34H,3-4,7-11,13-17H2,1-2H3,(H,30,33). The van der Waals surface area contributed by atoms with Gasteiger partial charge in [-0.2, -0.15) is 0 Å². The van der Waals surface area contributed by atoms with Crippen LogP contribution in [-0.2, 0) is 21.4 Å². The van der Waals surface area contributed by atoms with E-state index < -0.39 is 16.4 Å². The Kier molecular flexibility index (Phi) is 5.72. The van der Waals surface area contributed by atoms with Gasteiger partial charge in [-0.3, -0.25) is 9.69 Å². The zero-order chi connectivity index (χ0) is 24.4. The molecule has 6 rings (SSSR count). The van der Waals surface area contributed by atoms with Gasteiger partial charge in [0, 0.05) is 37.6 Å². The molecular weight excluding hydrogens is 442 g/mol. The Morgan fingerprint density at radius 3 is 2.74 bits per heavy atom. The molecule has 2 heterocycles. The molecule has 4 fully saturated rings. The summed E-state index contributed by atoms with van der Waals surface area (Å²) in [7, 11) is 0. The highest BCUT2D eigenvalue weighted by Crippen LogP contribution is 2.66. The van der Waals surface area contributed by atoms with E-state index in [1.165, 1.54) is 18.4 Å². The number of fused-ring (bicyclic) bond motifs is 1. The molecule has 192 valence electrons. The van der Waals surface area contributed by atoms with Crippen LogP contribution in [0.5, 0.6) is 5.75 Å². The van der Waals surface area contributed by atoms with Gasteiger partial charge in [0.15, 0.2) is 0 Å². The summed E-state index contributed by atoms with van der Waals surface area (Å²) in [6.07, 6.45) is 6.35. The summed E-state index contributed by atoms with van der Waals surface area (Å²) in [5.41, 5.74) is 0.227. The van der Waals surface area contributed by atoms with Crippen LogP contribution in [0.25, 0.3) is 0 Å². The summed E-state index contributed by atoms with van der Waals surface area (Å²) in [6.45, 7) is 8.26. The maximum atomic E-state index is 14.0. The SMILES string of the molecule is CC1CN(CCNC(=O)C2(CC3CC3)CC34CCNC(Cc5ccc(O)cc53)C4(O)C2)CC(C)O1. The Balaban J connectivity index is 1.27. The molecule has 2 bridgehead atoms. The van der Waals surface area contributed by atoms with E-state index in [0.29, 0.717) is 25.3 Å². The number of phenols is 1. The fraction of sp³-hybridized carbons (Fsp3) is 0.750. The van der Waals surface area contributed by atoms with Gasteiger partial charge in [0.05, 0.1) is 23.2 Å². The van der Waals surface area contributed by atoms with E-state index >= 15 is 0 Å². The van der Waals surface area contributed by atoms with E-state index in [4.69, 9.17) is 4.74 Å². The molecule has 1 aromatic carbocycles. The van der Waals surface area contributed by atoms with E-state index in [1.807, 2.05) is 12.1 Å². The van der Waals surface area contributed by atoms with Crippen LogP contribution in [0.4, 0.5) is 0 Å². The van der Waals surface area contributed by atoms with Crippen molar-refractivity contribution in [1.82, 2.24) is 15.5 Å². The van der Waals surface area contributed by atoms with Crippen LogP contribution in [0.1, 0.15) is 63.5 Å². The van der Waals surface area contributed by atoms with Gasteiger partial charge in [-0.15, -0.1) is 0 Å². The topological polar surface area (TPSA) is 94.1 Å². The first-order chi connectivity index (χ1) is 16.7. The summed E-state index contributed by atoms with van der Waals surface area (Å²) in [5, 5.41) is 29.6. The molecule has 2 saturated heterocycles. The second-order valence-electron chi connectivity index (χ2n) is 12.4. The van der Waals surface area contributed by atoms with Crippen LogP contribution in [0.15, 0.2) is 18.2 Å². The second-order valence-corrected chi connectivity index (χ2v) is 12.4. The van der Waals surface area contributed by atoms with Gasteiger partial charge >= 0.3 is 0 Å². The summed E-state index contributed by atoms with van der Waals surface area (Å²) in [5.74, 6) is 0.942. The molecule has 35 heavy (non-hydrogen) atoms. The van der Waals surface area contributed by atoms with Gasteiger partial charge in [0.25, 0.3) is 0 Å². The number of nitrogens with zero attached hydrogens (tertiary/aromatic N) is 1. The summed E-state index contributed by atoms with van der Waals surface area (Å²) in [4.78, 5) is 16.4. The molecule has 0 spiro atoms. The minimum Gasteiger partial charge on any atom is -0.508 e. The Bertz CT molecular complexity index is 988. The lowest BCUT2D eigenvalue weighted by Crippen LogP contribution is -2.68. The number of hydrogen-bond donors (Lipinski definition) is 4. The monoisotopic (exact) mass is 483 g/mol. The van der Waals surface area contributed by atoms with Crippen LogP contribution in [0.2, 0.25) is 0 Å². The van der Waals surface area contributed by atoms with Crippen molar-refractivity contribution in [3.8, 4) is 5.75 Å². The third-order valence-corrected chi connectivity index (χ3v) is 9.70. The Hall–Kier alpha value is -1.67. The smallest absolute Gasteiger partial charge is 0.226 e. The molecule has 6 atom stereocenters. The van der Waals surface area contributed by atoms with Crippen molar-refractivity contribution >= 4 is 5.91 Å². The lowest BCUT2D eigenvalue weighted by molar-refractivity contribution is -0.133. The fourth-order valence-corrected chi connectivity index (χ4v) is 8.23. The molecule has 7 nitrogen and oxygen atoms in total. The predicted molar refractivity (Wildman–Crippen MR) is 133 cm³/mol. The first kappa shape index (κ1) is 23.7. The third-order valence-electron chi connectivity index (χ3n) is 9.70. The number of morpholine rings is 1. The van der Waals surface area contributed by atoms with Crippen LogP contribution in [-0.4, -0.2) is 77.6 Å². The van der Waals surface area contributed by atoms with Crippen LogP contribution < -0.4 is 10.6 Å². The highest BCUT2D eigenvalue weighted by Gasteiger charge is 2.71. The van der Waals surface area contributed by atoms with Crippen LogP contribution in [0, 0.1) is 11.3 Å². The zero-order valence-electron chi connectivity index (χ0n) is 21.2. The van der Waals surface area contributed by atoms with Gasteiger partial charge in [-0.1, -0.05) is 18.9 Å². The number of nitrogens with one attached hydrogen (secondary N) is 2. The lowest BCUT2D eigenvalue weighted by Gasteiger charge is -2.55. The molecule has 1 amide bonds. The third kappa shape index (κ3) is 3.90. The van der Waals surface area contributed by atoms with Crippen molar-refractivity contribution in [2.24, 2.45) is 11.3 Å². The molecule has 0 aromatic heterocycles. The van der Waals surface area contributed by atoms with Crippen molar-refractivity contribution < 1.29 is 19.7 Å². The van der Waals surface area contributed by atoms with Crippen molar-refractivity contribution in [1.29, 1.82) is 0 Å². The minimum atomic E-state index is -0.979. The number of ether oxygens (including phenoxy) is 1. The van der Waals surface area contributed by atoms with Gasteiger partial charge < -0.3 is 25.6 Å². The molecule has 5 aliphatic rings. The second kappa shape index (κ2) is 8.44. The average Bonchev–Trinajstić information content (AvgIpc) is 3.53. The first-order valence-corrected chi connectivity index (χ1v) is 13.7. The Morgan fingerprint density at radius 2 is 2.00 bits per heavy atom. The molecule has 2 aliphatic heterocycles. The number of aromatic hydroxyl groups is 1. The van der Waals surface area contributed by atoms with Gasteiger partial charge in [0.2, 0.25) is 5.91 Å². The number of hydrogen-bond acceptors (Lipinski definition) is 6. The normalized spacial score (nSPS) is 40.7. The lowest BCUT2D eigenvalue weighted by atomic mass is 9.56. The van der Waals surface area contributed by atoms with Gasteiger partial charge in [-0.05, 0) is 81.7 Å². The molecule has 4 N–H and O–H groups in total. The fourth-order valence-electron chi connectivity index (χ4n) is 8.23. The number of aliphatic hydroxyl groups is 1. The molecule has 1 aromatic rings. The van der Waals surface area contributed by atoms with Crippen LogP contribution >= 0.6 is 0 Å². The highest BCUT2D eigenvalue weighted by molar-refractivity contribution is 5.84. The zero-order valence-corrected chi connectivity index (χ0v) is 21.2. The summed E-state index contributed by atoms with van der Waals surface area (Å²) in [6, 6.07) is 5.58. The maximum Gasteiger partial charge on any atom is 0.226 e. The summed E-state index contributed by atoms with van der Waals surface area (Å²) >= 11 is 0. The van der Waals surface area contributed by atoms with E-state index in [1.54, 1.807) is 6.07 Å². The van der Waals surface area contributed by atoms with E-state index in [-0.39, 0.29) is 29.9 Å². The quantitative estimate of drug-likeness (QED) is 0.495. The van der Waals surface area contributed by atoms with Crippen molar-refractivity contribution in [3.63, 3.8) is 0 Å². The summed E-state index contributed by atoms with van der Waals surface area (Å²) < 4.78 is 5.85. The van der Waals surface area contributed by atoms with Gasteiger partial charge in [0.1, 0.15) is 5.75 Å². The van der Waals surface area contributed by atoms with Crippen molar-refractivity contribution in [2.45, 2.75) is 88.1 Å². The maximum absolute atomic E-state index is 14.0. The number of carbonyl (C=O) groups excluding carboxylic acids is 1. The van der Waals surface area contributed by atoms with Crippen molar-refractivity contribution in [3.05, 3.63) is 29.3 Å². The highest BCUT2D eigenvalue weighted by atomic mass is 16.5. The van der Waals surface area contributed by atoms with Crippen molar-refractivity contribution in [2.75, 3.05) is 32.7 Å². The first-order valence-electron chi connectivity index (χ1n) is 13.7. The van der Waals surface area contributed by atoms with E-state index in [9.17, 15) is 15.0 Å². The molecule has 7 heteroatoms. The minimum absolute atomic E-state index is 0.0569. The number of phenolic OH excluding ortho intramolecular Hbond substituents is 1. The molecular formula is C28H41N3O4. The predicted octanol–water partition coefficient (Wildman–Crippen LogP) is 2.08.